The maximum absolute atomic E-state index is 11.4. The van der Waals surface area contributed by atoms with Crippen LogP contribution in [0, 0.1) is 0 Å². The average molecular weight is 249 g/mol. The Bertz CT molecular complexity index is 388. The molecule has 0 bridgehead atoms. The molecule has 1 unspecified atom stereocenters. The molecule has 98 valence electrons. The maximum atomic E-state index is 11.4. The Morgan fingerprint density at radius 1 is 1.39 bits per heavy atom. The number of nitrogens with zero attached hydrogens (tertiary/aromatic N) is 3. The molecular weight excluding hydrogens is 230 g/mol. The number of amides is 1. The van der Waals surface area contributed by atoms with Crippen LogP contribution in [-0.4, -0.2) is 54.2 Å². The van der Waals surface area contributed by atoms with E-state index < -0.39 is 0 Å². The Labute approximate surface area is 107 Å². The minimum Gasteiger partial charge on any atom is -0.453 e. The molecule has 1 aromatic heterocycles. The van der Waals surface area contributed by atoms with E-state index in [1.807, 2.05) is 12.3 Å². The number of aromatic nitrogens is 1. The Balaban J connectivity index is 1.92. The van der Waals surface area contributed by atoms with Crippen LogP contribution in [0.2, 0.25) is 0 Å². The van der Waals surface area contributed by atoms with E-state index in [9.17, 15) is 4.79 Å². The predicted octanol–water partition coefficient (Wildman–Crippen LogP) is 1.53. The van der Waals surface area contributed by atoms with Crippen molar-refractivity contribution >= 4 is 6.09 Å². The number of piperazine rings is 1. The quantitative estimate of drug-likeness (QED) is 0.797. The van der Waals surface area contributed by atoms with Crippen molar-refractivity contribution < 1.29 is 9.53 Å². The Morgan fingerprint density at radius 2 is 2.11 bits per heavy atom. The van der Waals surface area contributed by atoms with Gasteiger partial charge in [0.2, 0.25) is 0 Å². The summed E-state index contributed by atoms with van der Waals surface area (Å²) in [5.74, 6) is 0. The summed E-state index contributed by atoms with van der Waals surface area (Å²) in [6.45, 7) is 5.34. The summed E-state index contributed by atoms with van der Waals surface area (Å²) in [5, 5.41) is 0. The largest absolute Gasteiger partial charge is 0.453 e. The first-order valence-electron chi connectivity index (χ1n) is 6.19. The van der Waals surface area contributed by atoms with Gasteiger partial charge in [-0.1, -0.05) is 6.07 Å². The van der Waals surface area contributed by atoms with E-state index in [2.05, 4.69) is 22.9 Å². The van der Waals surface area contributed by atoms with Gasteiger partial charge in [0.15, 0.2) is 0 Å². The van der Waals surface area contributed by atoms with Gasteiger partial charge in [-0.05, 0) is 18.6 Å². The Morgan fingerprint density at radius 3 is 2.67 bits per heavy atom. The van der Waals surface area contributed by atoms with Gasteiger partial charge in [0.05, 0.1) is 7.11 Å². The molecule has 2 heterocycles. The van der Waals surface area contributed by atoms with E-state index in [-0.39, 0.29) is 6.09 Å². The van der Waals surface area contributed by atoms with Gasteiger partial charge in [-0.15, -0.1) is 0 Å². The number of carbonyl (C=O) groups excluding carboxylic acids is 1. The molecule has 1 atom stereocenters. The number of hydrogen-bond acceptors (Lipinski definition) is 4. The van der Waals surface area contributed by atoms with E-state index in [1.165, 1.54) is 12.7 Å². The topological polar surface area (TPSA) is 45.7 Å². The summed E-state index contributed by atoms with van der Waals surface area (Å²) < 4.78 is 4.73. The first-order chi connectivity index (χ1) is 8.72. The van der Waals surface area contributed by atoms with E-state index in [4.69, 9.17) is 4.74 Å². The van der Waals surface area contributed by atoms with Crippen molar-refractivity contribution in [3.8, 4) is 0 Å². The molecule has 1 aromatic rings. The Hall–Kier alpha value is -1.62. The molecule has 1 saturated heterocycles. The van der Waals surface area contributed by atoms with Crippen LogP contribution >= 0.6 is 0 Å². The molecular formula is C13H19N3O2. The molecule has 1 aliphatic rings. The van der Waals surface area contributed by atoms with Gasteiger partial charge >= 0.3 is 6.09 Å². The molecule has 0 N–H and O–H groups in total. The van der Waals surface area contributed by atoms with Crippen molar-refractivity contribution in [3.63, 3.8) is 0 Å². The molecule has 18 heavy (non-hydrogen) atoms. The second-order valence-electron chi connectivity index (χ2n) is 4.46. The molecule has 0 saturated carbocycles. The fourth-order valence-corrected chi connectivity index (χ4v) is 2.25. The highest BCUT2D eigenvalue weighted by molar-refractivity contribution is 5.67. The Kier molecular flexibility index (Phi) is 4.15. The lowest BCUT2D eigenvalue weighted by Gasteiger charge is -2.37. The van der Waals surface area contributed by atoms with Crippen molar-refractivity contribution in [2.45, 2.75) is 13.0 Å². The van der Waals surface area contributed by atoms with Crippen LogP contribution in [-0.2, 0) is 4.74 Å². The number of carbonyl (C=O) groups is 1. The summed E-state index contributed by atoms with van der Waals surface area (Å²) in [6, 6.07) is 4.37. The van der Waals surface area contributed by atoms with Crippen LogP contribution in [0.5, 0.6) is 0 Å². The number of ether oxygens (including phenoxy) is 1. The molecule has 2 rings (SSSR count). The first kappa shape index (κ1) is 12.8. The first-order valence-corrected chi connectivity index (χ1v) is 6.19. The second kappa shape index (κ2) is 5.82. The third-order valence-electron chi connectivity index (χ3n) is 3.46. The minimum atomic E-state index is -0.233. The van der Waals surface area contributed by atoms with Crippen molar-refractivity contribution in [1.82, 2.24) is 14.8 Å². The molecule has 5 nitrogen and oxygen atoms in total. The van der Waals surface area contributed by atoms with Crippen LogP contribution in [0.4, 0.5) is 4.79 Å². The zero-order valence-electron chi connectivity index (χ0n) is 10.9. The van der Waals surface area contributed by atoms with Crippen LogP contribution < -0.4 is 0 Å². The third kappa shape index (κ3) is 2.79. The van der Waals surface area contributed by atoms with Crippen LogP contribution in [0.25, 0.3) is 0 Å². The molecule has 0 radical (unpaired) electrons. The highest BCUT2D eigenvalue weighted by Gasteiger charge is 2.24. The molecule has 0 spiro atoms. The van der Waals surface area contributed by atoms with Crippen LogP contribution in [0.3, 0.4) is 0 Å². The van der Waals surface area contributed by atoms with Gasteiger partial charge in [0, 0.05) is 44.6 Å². The van der Waals surface area contributed by atoms with E-state index in [1.54, 1.807) is 11.1 Å². The average Bonchev–Trinajstić information content (AvgIpc) is 2.47. The zero-order chi connectivity index (χ0) is 13.0. The standard InChI is InChI=1S/C13H19N3O2/c1-11(12-4-3-5-14-10-12)15-6-8-16(9-7-15)13(17)18-2/h3-5,10-11H,6-9H2,1-2H3. The molecule has 0 aromatic carbocycles. The summed E-state index contributed by atoms with van der Waals surface area (Å²) in [7, 11) is 1.42. The smallest absolute Gasteiger partial charge is 0.409 e. The monoisotopic (exact) mass is 249 g/mol. The van der Waals surface area contributed by atoms with E-state index in [0.717, 1.165) is 26.2 Å². The summed E-state index contributed by atoms with van der Waals surface area (Å²) in [5.41, 5.74) is 1.21. The van der Waals surface area contributed by atoms with E-state index >= 15 is 0 Å². The van der Waals surface area contributed by atoms with Gasteiger partial charge in [-0.3, -0.25) is 9.88 Å². The van der Waals surface area contributed by atoms with Crippen LogP contribution in [0.15, 0.2) is 24.5 Å². The molecule has 5 heteroatoms. The number of methoxy groups -OCH3 is 1. The fraction of sp³-hybridized carbons (Fsp3) is 0.538. The van der Waals surface area contributed by atoms with Crippen molar-refractivity contribution in [1.29, 1.82) is 0 Å². The summed E-state index contributed by atoms with van der Waals surface area (Å²) >= 11 is 0. The van der Waals surface area contributed by atoms with Gasteiger partial charge in [-0.25, -0.2) is 4.79 Å². The molecule has 1 fully saturated rings. The lowest BCUT2D eigenvalue weighted by Crippen LogP contribution is -2.49. The van der Waals surface area contributed by atoms with Crippen molar-refractivity contribution in [2.24, 2.45) is 0 Å². The van der Waals surface area contributed by atoms with Crippen molar-refractivity contribution in [2.75, 3.05) is 33.3 Å². The summed E-state index contributed by atoms with van der Waals surface area (Å²) in [6.07, 6.45) is 3.45. The molecule has 0 aliphatic carbocycles. The predicted molar refractivity (Wildman–Crippen MR) is 68.2 cm³/mol. The SMILES string of the molecule is COC(=O)N1CCN(C(C)c2cccnc2)CC1. The molecule has 1 aliphatic heterocycles. The second-order valence-corrected chi connectivity index (χ2v) is 4.46. The fourth-order valence-electron chi connectivity index (χ4n) is 2.25. The minimum absolute atomic E-state index is 0.233. The lowest BCUT2D eigenvalue weighted by atomic mass is 10.1. The maximum Gasteiger partial charge on any atom is 0.409 e. The highest BCUT2D eigenvalue weighted by Crippen LogP contribution is 2.20. The number of pyridine rings is 1. The van der Waals surface area contributed by atoms with Crippen molar-refractivity contribution in [3.05, 3.63) is 30.1 Å². The van der Waals surface area contributed by atoms with Gasteiger partial charge < -0.3 is 9.64 Å². The number of hydrogen-bond donors (Lipinski definition) is 0. The zero-order valence-corrected chi connectivity index (χ0v) is 10.9. The highest BCUT2D eigenvalue weighted by atomic mass is 16.5. The molecule has 1 amide bonds. The van der Waals surface area contributed by atoms with E-state index in [0.29, 0.717) is 6.04 Å². The number of rotatable bonds is 2. The van der Waals surface area contributed by atoms with Gasteiger partial charge in [0.25, 0.3) is 0 Å². The third-order valence-corrected chi connectivity index (χ3v) is 3.46. The normalized spacial score (nSPS) is 18.4. The summed E-state index contributed by atoms with van der Waals surface area (Å²) in [4.78, 5) is 19.6. The lowest BCUT2D eigenvalue weighted by molar-refractivity contribution is 0.0777. The van der Waals surface area contributed by atoms with Gasteiger partial charge in [-0.2, -0.15) is 0 Å². The van der Waals surface area contributed by atoms with Crippen LogP contribution in [0.1, 0.15) is 18.5 Å². The van der Waals surface area contributed by atoms with Gasteiger partial charge in [0.1, 0.15) is 0 Å².